The number of amides is 2. The molecule has 2 bridgehead atoms. The minimum absolute atomic E-state index is 0.0249. The Balaban J connectivity index is 0.960. The molecule has 1 spiro atoms. The van der Waals surface area contributed by atoms with Gasteiger partial charge in [-0.15, -0.1) is 0 Å². The van der Waals surface area contributed by atoms with Gasteiger partial charge in [0.2, 0.25) is 17.9 Å². The summed E-state index contributed by atoms with van der Waals surface area (Å²) >= 11 is 0. The van der Waals surface area contributed by atoms with E-state index in [0.29, 0.717) is 31.2 Å². The van der Waals surface area contributed by atoms with E-state index in [1.165, 1.54) is 16.0 Å². The molecule has 2 N–H and O–H groups in total. The Labute approximate surface area is 376 Å². The lowest BCUT2D eigenvalue weighted by atomic mass is 9.62. The average molecular weight is 900 g/mol. The number of carbonyl (C=O) groups is 6. The molecule has 17 nitrogen and oxygen atoms in total. The van der Waals surface area contributed by atoms with Crippen LogP contribution in [0.4, 0.5) is 0 Å². The highest BCUT2D eigenvalue weighted by Gasteiger charge is 2.77. The Hall–Kier alpha value is -5.20. The number of likely N-dealkylation sites (tertiary alicyclic amines) is 1. The van der Waals surface area contributed by atoms with Gasteiger partial charge in [-0.3, -0.25) is 24.0 Å². The van der Waals surface area contributed by atoms with Crippen molar-refractivity contribution in [3.63, 3.8) is 0 Å². The fourth-order valence-electron chi connectivity index (χ4n) is 10.6. The van der Waals surface area contributed by atoms with Crippen LogP contribution in [0.2, 0.25) is 0 Å². The molecule has 0 unspecified atom stereocenters. The third-order valence-corrected chi connectivity index (χ3v) is 13.7. The molecule has 5 aliphatic heterocycles. The van der Waals surface area contributed by atoms with Crippen LogP contribution in [0.3, 0.4) is 0 Å². The number of hydrogen-bond donors (Lipinski definition) is 2. The summed E-state index contributed by atoms with van der Waals surface area (Å²) in [4.78, 5) is 89.6. The minimum Gasteiger partial charge on any atom is -0.462 e. The number of nitrogens with zero attached hydrogens (tertiary/aromatic N) is 2. The monoisotopic (exact) mass is 899 g/mol. The Kier molecular flexibility index (Phi) is 11.7. The topological polar surface area (TPSA) is 206 Å². The van der Waals surface area contributed by atoms with E-state index in [0.717, 1.165) is 16.7 Å². The molecule has 348 valence electrons. The number of rotatable bonds is 12. The molecule has 7 aliphatic rings. The first-order chi connectivity index (χ1) is 30.9. The van der Waals surface area contributed by atoms with E-state index in [4.69, 9.17) is 33.3 Å². The summed E-state index contributed by atoms with van der Waals surface area (Å²) in [6.07, 6.45) is 0.432. The molecular weight excluding hydrogens is 843 g/mol. The van der Waals surface area contributed by atoms with Gasteiger partial charge in [-0.25, -0.2) is 9.59 Å². The zero-order valence-electron chi connectivity index (χ0n) is 37.3. The van der Waals surface area contributed by atoms with Crippen molar-refractivity contribution >= 4 is 41.8 Å². The number of hydroxylamine groups is 2. The van der Waals surface area contributed by atoms with Crippen molar-refractivity contribution in [3.8, 4) is 0 Å². The summed E-state index contributed by atoms with van der Waals surface area (Å²) in [5.41, 5.74) is 0.692. The van der Waals surface area contributed by atoms with Crippen LogP contribution in [0.5, 0.6) is 0 Å². The van der Waals surface area contributed by atoms with Crippen LogP contribution in [-0.4, -0.2) is 131 Å². The molecule has 5 heterocycles. The van der Waals surface area contributed by atoms with Crippen LogP contribution in [0, 0.1) is 10.8 Å². The van der Waals surface area contributed by atoms with E-state index in [9.17, 15) is 29.1 Å². The maximum atomic E-state index is 15.5. The van der Waals surface area contributed by atoms with Crippen molar-refractivity contribution in [1.82, 2.24) is 15.3 Å². The first kappa shape index (κ1) is 45.0. The predicted molar refractivity (Wildman–Crippen MR) is 226 cm³/mol. The summed E-state index contributed by atoms with van der Waals surface area (Å²) in [7, 11) is 0. The quantitative estimate of drug-likeness (QED) is 0.179. The number of nitrogens with one attached hydrogen (secondary N) is 1. The van der Waals surface area contributed by atoms with Crippen LogP contribution in [0.1, 0.15) is 89.0 Å². The molecule has 2 aromatic carbocycles. The SMILES string of the molecule is CC(C)(C)OC(=O)CC[C@@H](CO)NC(=O)[C@H]1CCCN1C(=O)[C@@]12C[C@H]3OC(=O)[C@@H]1N(Cc1ccc(C=CC(=O)O[C@H]4C(=O)OCC4(C)C)cc1)O[C@@H]2[C@H]1OC2(Cc4ccccc4C2)O[C@H]13. The van der Waals surface area contributed by atoms with Gasteiger partial charge in [0, 0.05) is 43.7 Å². The highest BCUT2D eigenvalue weighted by Crippen LogP contribution is 2.59. The second-order valence-corrected chi connectivity index (χ2v) is 20.1. The number of benzene rings is 2. The molecule has 5 saturated heterocycles. The fraction of sp³-hybridized carbons (Fsp3) is 0.583. The number of aliphatic hydroxyl groups excluding tert-OH is 1. The largest absolute Gasteiger partial charge is 0.462 e. The van der Waals surface area contributed by atoms with Crippen molar-refractivity contribution in [2.45, 2.75) is 146 Å². The third-order valence-electron chi connectivity index (χ3n) is 13.7. The molecule has 9 atom stereocenters. The van der Waals surface area contributed by atoms with Gasteiger partial charge in [0.15, 0.2) is 11.8 Å². The van der Waals surface area contributed by atoms with E-state index in [2.05, 4.69) is 5.32 Å². The second kappa shape index (κ2) is 16.9. The standard InChI is InChI=1S/C48H57N3O14/c1-45(2,3)62-35(54)19-17-31(25-52)49-41(55)32-11-8-20-50(32)44(58)48-23-33-36-37(64-47(63-36)21-29-9-6-7-10-30(29)22-47)39(48)65-51(38(48)42(56)60-33)24-28-14-12-27(13-15-28)16-18-34(53)61-40-43(57)59-26-46(40,4)5/h6-7,9-10,12-16,18,31-33,36-40,52H,8,11,17,19-26H2,1-5H3,(H,49,55)/t31-,32+,33+,36-,37-,38-,39+,40-,48-/m0/s1. The number of aliphatic hydroxyl groups is 1. The summed E-state index contributed by atoms with van der Waals surface area (Å²) in [6.45, 7) is 8.90. The van der Waals surface area contributed by atoms with E-state index in [1.54, 1.807) is 52.8 Å². The Morgan fingerprint density at radius 2 is 1.69 bits per heavy atom. The molecule has 1 saturated carbocycles. The molecular formula is C48H57N3O14. The Bertz CT molecular complexity index is 2250. The van der Waals surface area contributed by atoms with Gasteiger partial charge in [0.25, 0.3) is 0 Å². The van der Waals surface area contributed by atoms with Crippen LogP contribution < -0.4 is 5.32 Å². The van der Waals surface area contributed by atoms with Crippen LogP contribution in [-0.2, 0) is 81.4 Å². The van der Waals surface area contributed by atoms with Gasteiger partial charge < -0.3 is 43.7 Å². The van der Waals surface area contributed by atoms with Gasteiger partial charge in [0.05, 0.1) is 19.2 Å². The first-order valence-electron chi connectivity index (χ1n) is 22.5. The molecule has 0 aromatic heterocycles. The van der Waals surface area contributed by atoms with Gasteiger partial charge in [0.1, 0.15) is 48.1 Å². The lowest BCUT2D eigenvalue weighted by molar-refractivity contribution is -0.218. The number of ether oxygens (including phenoxy) is 6. The first-order valence-corrected chi connectivity index (χ1v) is 22.5. The van der Waals surface area contributed by atoms with Crippen LogP contribution >= 0.6 is 0 Å². The number of cyclic esters (lactones) is 1. The Morgan fingerprint density at radius 1 is 0.985 bits per heavy atom. The summed E-state index contributed by atoms with van der Waals surface area (Å²) < 4.78 is 35.8. The van der Waals surface area contributed by atoms with Gasteiger partial charge >= 0.3 is 23.9 Å². The highest BCUT2D eigenvalue weighted by atomic mass is 16.8. The number of fused-ring (bicyclic) bond motifs is 5. The number of esters is 4. The van der Waals surface area contributed by atoms with E-state index in [-0.39, 0.29) is 39.0 Å². The van der Waals surface area contributed by atoms with E-state index < -0.39 is 113 Å². The van der Waals surface area contributed by atoms with Crippen LogP contribution in [0.15, 0.2) is 54.6 Å². The zero-order valence-corrected chi connectivity index (χ0v) is 37.3. The maximum Gasteiger partial charge on any atom is 0.348 e. The average Bonchev–Trinajstić information content (AvgIpc) is 4.08. The zero-order chi connectivity index (χ0) is 46.1. The third kappa shape index (κ3) is 8.45. The van der Waals surface area contributed by atoms with E-state index >= 15 is 4.79 Å². The van der Waals surface area contributed by atoms with Crippen molar-refractivity contribution in [1.29, 1.82) is 0 Å². The molecule has 9 rings (SSSR count). The minimum atomic E-state index is -1.53. The maximum absolute atomic E-state index is 15.5. The molecule has 2 amide bonds. The lowest BCUT2D eigenvalue weighted by Crippen LogP contribution is -2.70. The number of carbonyl (C=O) groups excluding carboxylic acids is 6. The summed E-state index contributed by atoms with van der Waals surface area (Å²) in [5, 5.41) is 14.6. The molecule has 2 aromatic rings. The lowest BCUT2D eigenvalue weighted by Gasteiger charge is -2.50. The van der Waals surface area contributed by atoms with Crippen molar-refractivity contribution in [2.24, 2.45) is 10.8 Å². The number of hydrogen-bond acceptors (Lipinski definition) is 15. The molecule has 6 fully saturated rings. The van der Waals surface area contributed by atoms with E-state index in [1.807, 2.05) is 36.4 Å². The normalized spacial score (nSPS) is 31.0. The van der Waals surface area contributed by atoms with Gasteiger partial charge in [-0.05, 0) is 68.4 Å². The molecule has 65 heavy (non-hydrogen) atoms. The second-order valence-electron chi connectivity index (χ2n) is 20.1. The summed E-state index contributed by atoms with van der Waals surface area (Å²) in [6, 6.07) is 12.3. The molecule has 17 heteroatoms. The van der Waals surface area contributed by atoms with Gasteiger partial charge in [-0.2, -0.15) is 5.06 Å². The van der Waals surface area contributed by atoms with Crippen LogP contribution in [0.25, 0.3) is 6.08 Å². The van der Waals surface area contributed by atoms with Crippen molar-refractivity contribution in [2.75, 3.05) is 19.8 Å². The highest BCUT2D eigenvalue weighted by molar-refractivity contribution is 5.97. The smallest absolute Gasteiger partial charge is 0.348 e. The molecule has 2 aliphatic carbocycles. The predicted octanol–water partition coefficient (Wildman–Crippen LogP) is 2.86. The molecule has 0 radical (unpaired) electrons. The van der Waals surface area contributed by atoms with Crippen molar-refractivity contribution in [3.05, 3.63) is 76.9 Å². The Morgan fingerprint density at radius 3 is 2.35 bits per heavy atom. The fourth-order valence-corrected chi connectivity index (χ4v) is 10.6. The summed E-state index contributed by atoms with van der Waals surface area (Å²) in [5.74, 6) is -4.33. The van der Waals surface area contributed by atoms with Crippen molar-refractivity contribution < 1.29 is 67.1 Å². The van der Waals surface area contributed by atoms with Gasteiger partial charge in [-0.1, -0.05) is 62.4 Å².